The summed E-state index contributed by atoms with van der Waals surface area (Å²) in [6.07, 6.45) is 3.71. The lowest BCUT2D eigenvalue weighted by Crippen LogP contribution is -2.31. The summed E-state index contributed by atoms with van der Waals surface area (Å²) in [5, 5.41) is 3.89. The Labute approximate surface area is 77.0 Å². The first-order valence-corrected chi connectivity index (χ1v) is 4.05. The normalized spacial score (nSPS) is 12.5. The van der Waals surface area contributed by atoms with Crippen molar-refractivity contribution in [3.63, 3.8) is 0 Å². The van der Waals surface area contributed by atoms with Crippen LogP contribution in [0.4, 0.5) is 0 Å². The quantitative estimate of drug-likeness (QED) is 0.541. The lowest BCUT2D eigenvalue weighted by molar-refractivity contribution is 0.0953. The van der Waals surface area contributed by atoms with Crippen LogP contribution in [0.1, 0.15) is 16.9 Å². The molecule has 0 aromatic carbocycles. The Morgan fingerprint density at radius 3 is 3.08 bits per heavy atom. The lowest BCUT2D eigenvalue weighted by atomic mass is 10.1. The number of aromatic nitrogens is 2. The van der Waals surface area contributed by atoms with Crippen LogP contribution in [0.25, 0.3) is 0 Å². The number of nitrogens with two attached hydrogens (primary N) is 1. The number of hydrogen-bond acceptors (Lipinski definition) is 3. The molecule has 0 amide bonds. The number of rotatable bonds is 4. The van der Waals surface area contributed by atoms with Crippen molar-refractivity contribution in [1.29, 1.82) is 0 Å². The van der Waals surface area contributed by atoms with Gasteiger partial charge in [-0.2, -0.15) is 5.10 Å². The molecular formula is C9H13N3O. The van der Waals surface area contributed by atoms with Crippen LogP contribution < -0.4 is 5.73 Å². The molecule has 0 fully saturated rings. The van der Waals surface area contributed by atoms with E-state index < -0.39 is 6.04 Å². The van der Waals surface area contributed by atoms with Crippen molar-refractivity contribution in [2.75, 3.05) is 0 Å². The topological polar surface area (TPSA) is 60.9 Å². The van der Waals surface area contributed by atoms with Crippen LogP contribution in [0.3, 0.4) is 0 Å². The fraction of sp³-hybridized carbons (Fsp3) is 0.333. The second kappa shape index (κ2) is 4.00. The molecule has 0 spiro atoms. The van der Waals surface area contributed by atoms with Gasteiger partial charge in [0.2, 0.25) is 0 Å². The Morgan fingerprint density at radius 2 is 2.62 bits per heavy atom. The average molecular weight is 179 g/mol. The maximum Gasteiger partial charge on any atom is 0.197 e. The Hall–Kier alpha value is -1.42. The summed E-state index contributed by atoms with van der Waals surface area (Å²) < 4.78 is 1.52. The fourth-order valence-electron chi connectivity index (χ4n) is 1.09. The highest BCUT2D eigenvalue weighted by atomic mass is 16.1. The number of carbonyl (C=O) groups excluding carboxylic acids is 1. The minimum Gasteiger partial charge on any atom is -0.321 e. The van der Waals surface area contributed by atoms with E-state index in [1.807, 2.05) is 0 Å². The van der Waals surface area contributed by atoms with E-state index in [0.29, 0.717) is 12.1 Å². The van der Waals surface area contributed by atoms with Gasteiger partial charge in [0, 0.05) is 13.2 Å². The van der Waals surface area contributed by atoms with Gasteiger partial charge in [0.25, 0.3) is 0 Å². The van der Waals surface area contributed by atoms with Gasteiger partial charge in [-0.05, 0) is 12.5 Å². The van der Waals surface area contributed by atoms with Gasteiger partial charge in [-0.1, -0.05) is 6.08 Å². The van der Waals surface area contributed by atoms with Crippen LogP contribution in [-0.4, -0.2) is 21.6 Å². The summed E-state index contributed by atoms with van der Waals surface area (Å²) in [6.45, 7) is 3.53. The third-order valence-corrected chi connectivity index (χ3v) is 1.83. The number of Topliss-reactive ketones (excluding diaryl/α,β-unsaturated/α-hetero) is 1. The van der Waals surface area contributed by atoms with Crippen LogP contribution in [0.5, 0.6) is 0 Å². The third kappa shape index (κ3) is 2.03. The van der Waals surface area contributed by atoms with Crippen LogP contribution in [0.2, 0.25) is 0 Å². The van der Waals surface area contributed by atoms with E-state index in [4.69, 9.17) is 5.73 Å². The van der Waals surface area contributed by atoms with Crippen LogP contribution in [0, 0.1) is 0 Å². The van der Waals surface area contributed by atoms with E-state index in [1.54, 1.807) is 25.4 Å². The van der Waals surface area contributed by atoms with Gasteiger partial charge in [-0.15, -0.1) is 6.58 Å². The van der Waals surface area contributed by atoms with Gasteiger partial charge in [-0.3, -0.25) is 9.48 Å². The number of aryl methyl sites for hydroxylation is 1. The summed E-state index contributed by atoms with van der Waals surface area (Å²) in [6, 6.07) is 1.15. The summed E-state index contributed by atoms with van der Waals surface area (Å²) in [4.78, 5) is 11.6. The van der Waals surface area contributed by atoms with Gasteiger partial charge in [0.05, 0.1) is 6.04 Å². The second-order valence-electron chi connectivity index (χ2n) is 2.84. The molecule has 1 unspecified atom stereocenters. The molecule has 1 aromatic rings. The average Bonchev–Trinajstić information content (AvgIpc) is 2.50. The SMILES string of the molecule is C=CCC(N)C(=O)c1ccnn1C. The lowest BCUT2D eigenvalue weighted by Gasteiger charge is -2.07. The molecule has 4 heteroatoms. The van der Waals surface area contributed by atoms with Crippen LogP contribution >= 0.6 is 0 Å². The standard InChI is InChI=1S/C9H13N3O/c1-3-4-7(10)9(13)8-5-6-11-12(8)2/h3,5-7H,1,4,10H2,2H3. The first kappa shape index (κ1) is 9.67. The maximum atomic E-state index is 11.6. The van der Waals surface area contributed by atoms with Crippen LogP contribution in [-0.2, 0) is 7.05 Å². The van der Waals surface area contributed by atoms with E-state index in [1.165, 1.54) is 4.68 Å². The van der Waals surface area contributed by atoms with E-state index in [2.05, 4.69) is 11.7 Å². The summed E-state index contributed by atoms with van der Waals surface area (Å²) in [7, 11) is 1.72. The van der Waals surface area contributed by atoms with Crippen molar-refractivity contribution in [2.45, 2.75) is 12.5 Å². The molecule has 0 aliphatic rings. The minimum absolute atomic E-state index is 0.0973. The zero-order valence-electron chi connectivity index (χ0n) is 7.60. The van der Waals surface area contributed by atoms with Gasteiger partial charge in [0.1, 0.15) is 5.69 Å². The van der Waals surface area contributed by atoms with Gasteiger partial charge < -0.3 is 5.73 Å². The molecule has 0 aliphatic carbocycles. The molecule has 0 bridgehead atoms. The second-order valence-corrected chi connectivity index (χ2v) is 2.84. The van der Waals surface area contributed by atoms with Crippen molar-refractivity contribution in [3.8, 4) is 0 Å². The number of carbonyl (C=O) groups is 1. The summed E-state index contributed by atoms with van der Waals surface area (Å²) >= 11 is 0. The van der Waals surface area contributed by atoms with Gasteiger partial charge >= 0.3 is 0 Å². The van der Waals surface area contributed by atoms with E-state index >= 15 is 0 Å². The molecule has 0 saturated carbocycles. The number of nitrogens with zero attached hydrogens (tertiary/aromatic N) is 2. The third-order valence-electron chi connectivity index (χ3n) is 1.83. The fourth-order valence-corrected chi connectivity index (χ4v) is 1.09. The monoisotopic (exact) mass is 179 g/mol. The Kier molecular flexibility index (Phi) is 2.97. The highest BCUT2D eigenvalue weighted by Crippen LogP contribution is 2.03. The highest BCUT2D eigenvalue weighted by Gasteiger charge is 2.16. The Morgan fingerprint density at radius 1 is 1.92 bits per heavy atom. The molecule has 4 nitrogen and oxygen atoms in total. The molecule has 2 N–H and O–H groups in total. The smallest absolute Gasteiger partial charge is 0.197 e. The van der Waals surface area contributed by atoms with Crippen molar-refractivity contribution < 1.29 is 4.79 Å². The molecule has 0 saturated heterocycles. The maximum absolute atomic E-state index is 11.6. The van der Waals surface area contributed by atoms with E-state index in [9.17, 15) is 4.79 Å². The summed E-state index contributed by atoms with van der Waals surface area (Å²) in [5.41, 5.74) is 6.16. The largest absolute Gasteiger partial charge is 0.321 e. The van der Waals surface area contributed by atoms with E-state index in [-0.39, 0.29) is 5.78 Å². The first-order chi connectivity index (χ1) is 6.16. The Bertz CT molecular complexity index is 316. The molecule has 0 aliphatic heterocycles. The Balaban J connectivity index is 2.79. The molecule has 1 aromatic heterocycles. The molecule has 70 valence electrons. The van der Waals surface area contributed by atoms with Crippen molar-refractivity contribution in [1.82, 2.24) is 9.78 Å². The van der Waals surface area contributed by atoms with Crippen molar-refractivity contribution in [3.05, 3.63) is 30.6 Å². The minimum atomic E-state index is -0.507. The van der Waals surface area contributed by atoms with Gasteiger partial charge in [0.15, 0.2) is 5.78 Å². The summed E-state index contributed by atoms with van der Waals surface area (Å²) in [5.74, 6) is -0.0973. The molecule has 13 heavy (non-hydrogen) atoms. The molecule has 1 rings (SSSR count). The molecule has 1 heterocycles. The van der Waals surface area contributed by atoms with Crippen LogP contribution in [0.15, 0.2) is 24.9 Å². The molecule has 0 radical (unpaired) electrons. The van der Waals surface area contributed by atoms with Crippen molar-refractivity contribution >= 4 is 5.78 Å². The van der Waals surface area contributed by atoms with Crippen molar-refractivity contribution in [2.24, 2.45) is 12.8 Å². The molecule has 1 atom stereocenters. The number of hydrogen-bond donors (Lipinski definition) is 1. The predicted octanol–water partition coefficient (Wildman–Crippen LogP) is 0.506. The molecular weight excluding hydrogens is 166 g/mol. The highest BCUT2D eigenvalue weighted by molar-refractivity contribution is 5.98. The zero-order chi connectivity index (χ0) is 9.84. The zero-order valence-corrected chi connectivity index (χ0v) is 7.60. The first-order valence-electron chi connectivity index (χ1n) is 4.05. The number of ketones is 1. The van der Waals surface area contributed by atoms with Gasteiger partial charge in [-0.25, -0.2) is 0 Å². The van der Waals surface area contributed by atoms with E-state index in [0.717, 1.165) is 0 Å². The predicted molar refractivity (Wildman–Crippen MR) is 50.3 cm³/mol.